The SMILES string of the molecule is COc1ccc(CN(Cc2ccco2)C(=O)c2ccc(Br)cc2)cc1OS(=O)(=O)c1ccc(F)cc1. The van der Waals surface area contributed by atoms with Crippen LogP contribution in [0.4, 0.5) is 4.39 Å². The van der Waals surface area contributed by atoms with Crippen LogP contribution >= 0.6 is 15.9 Å². The molecule has 3 aromatic carbocycles. The van der Waals surface area contributed by atoms with Gasteiger partial charge < -0.3 is 18.2 Å². The Kier molecular flexibility index (Phi) is 7.76. The standard InChI is InChI=1S/C26H21BrFNO6S/c1-33-24-13-4-18(15-25(24)35-36(31,32)23-11-9-21(28)10-12-23)16-29(17-22-3-2-14-34-22)26(30)19-5-7-20(27)8-6-19/h2-15H,16-17H2,1H3. The van der Waals surface area contributed by atoms with E-state index in [9.17, 15) is 17.6 Å². The summed E-state index contributed by atoms with van der Waals surface area (Å²) in [7, 11) is -2.88. The van der Waals surface area contributed by atoms with Gasteiger partial charge in [-0.25, -0.2) is 4.39 Å². The predicted octanol–water partition coefficient (Wildman–Crippen LogP) is 5.80. The first-order valence-electron chi connectivity index (χ1n) is 10.7. The van der Waals surface area contributed by atoms with Gasteiger partial charge in [0.1, 0.15) is 16.5 Å². The van der Waals surface area contributed by atoms with Gasteiger partial charge in [0, 0.05) is 16.6 Å². The van der Waals surface area contributed by atoms with Gasteiger partial charge in [-0.1, -0.05) is 22.0 Å². The molecule has 36 heavy (non-hydrogen) atoms. The number of halogens is 2. The molecule has 1 amide bonds. The molecule has 0 aliphatic heterocycles. The van der Waals surface area contributed by atoms with Crippen molar-refractivity contribution in [1.82, 2.24) is 4.90 Å². The monoisotopic (exact) mass is 573 g/mol. The summed E-state index contributed by atoms with van der Waals surface area (Å²) < 4.78 is 55.7. The minimum atomic E-state index is -4.26. The third kappa shape index (κ3) is 6.13. The number of hydrogen-bond acceptors (Lipinski definition) is 6. The zero-order valence-electron chi connectivity index (χ0n) is 19.1. The smallest absolute Gasteiger partial charge is 0.339 e. The van der Waals surface area contributed by atoms with Gasteiger partial charge in [-0.05, 0) is 78.4 Å². The Morgan fingerprint density at radius 2 is 1.69 bits per heavy atom. The van der Waals surface area contributed by atoms with E-state index in [1.807, 2.05) is 0 Å². The summed E-state index contributed by atoms with van der Waals surface area (Å²) in [6, 6.07) is 19.5. The number of carbonyl (C=O) groups excluding carboxylic acids is 1. The van der Waals surface area contributed by atoms with Crippen LogP contribution in [0, 0.1) is 5.82 Å². The minimum absolute atomic E-state index is 0.0617. The second-order valence-corrected chi connectivity index (χ2v) is 10.2. The van der Waals surface area contributed by atoms with Crippen molar-refractivity contribution in [3.63, 3.8) is 0 Å². The van der Waals surface area contributed by atoms with Crippen molar-refractivity contribution in [3.05, 3.63) is 112 Å². The molecule has 0 unspecified atom stereocenters. The van der Waals surface area contributed by atoms with Crippen molar-refractivity contribution < 1.29 is 30.9 Å². The van der Waals surface area contributed by atoms with Crippen LogP contribution in [0.5, 0.6) is 11.5 Å². The molecule has 0 fully saturated rings. The van der Waals surface area contributed by atoms with Gasteiger partial charge in [-0.2, -0.15) is 8.42 Å². The number of carbonyl (C=O) groups is 1. The lowest BCUT2D eigenvalue weighted by atomic mass is 10.1. The molecule has 1 heterocycles. The van der Waals surface area contributed by atoms with Gasteiger partial charge in [0.15, 0.2) is 11.5 Å². The van der Waals surface area contributed by atoms with E-state index in [4.69, 9.17) is 13.3 Å². The van der Waals surface area contributed by atoms with Crippen molar-refractivity contribution in [2.24, 2.45) is 0 Å². The third-order valence-electron chi connectivity index (χ3n) is 5.21. The van der Waals surface area contributed by atoms with Crippen LogP contribution in [0.25, 0.3) is 0 Å². The minimum Gasteiger partial charge on any atom is -0.493 e. The Labute approximate surface area is 216 Å². The molecule has 7 nitrogen and oxygen atoms in total. The van der Waals surface area contributed by atoms with Crippen LogP contribution in [0.3, 0.4) is 0 Å². The number of nitrogens with zero attached hydrogens (tertiary/aromatic N) is 1. The van der Waals surface area contributed by atoms with E-state index in [1.54, 1.807) is 53.4 Å². The summed E-state index contributed by atoms with van der Waals surface area (Å²) in [5.41, 5.74) is 1.07. The zero-order valence-corrected chi connectivity index (χ0v) is 21.5. The van der Waals surface area contributed by atoms with E-state index >= 15 is 0 Å². The molecule has 0 radical (unpaired) electrons. The molecule has 186 valence electrons. The number of furan rings is 1. The second kappa shape index (κ2) is 11.0. The Morgan fingerprint density at radius 3 is 2.33 bits per heavy atom. The number of ether oxygens (including phenoxy) is 1. The fourth-order valence-corrected chi connectivity index (χ4v) is 4.63. The van der Waals surface area contributed by atoms with Crippen molar-refractivity contribution >= 4 is 32.0 Å². The lowest BCUT2D eigenvalue weighted by molar-refractivity contribution is 0.0717. The quantitative estimate of drug-likeness (QED) is 0.235. The molecular weight excluding hydrogens is 553 g/mol. The van der Waals surface area contributed by atoms with Crippen LogP contribution in [0.1, 0.15) is 21.7 Å². The molecule has 4 rings (SSSR count). The predicted molar refractivity (Wildman–Crippen MR) is 134 cm³/mol. The average Bonchev–Trinajstić information content (AvgIpc) is 3.37. The molecule has 0 saturated heterocycles. The van der Waals surface area contributed by atoms with Crippen molar-refractivity contribution in [3.8, 4) is 11.5 Å². The third-order valence-corrected chi connectivity index (χ3v) is 6.99. The summed E-state index contributed by atoms with van der Waals surface area (Å²) in [4.78, 5) is 14.7. The van der Waals surface area contributed by atoms with Gasteiger partial charge >= 0.3 is 10.1 Å². The summed E-state index contributed by atoms with van der Waals surface area (Å²) in [5.74, 6) is -0.101. The first kappa shape index (κ1) is 25.5. The van der Waals surface area contributed by atoms with Crippen LogP contribution in [-0.4, -0.2) is 26.3 Å². The Hall–Kier alpha value is -3.63. The van der Waals surface area contributed by atoms with Gasteiger partial charge in [-0.15, -0.1) is 0 Å². The molecule has 0 aliphatic carbocycles. The lowest BCUT2D eigenvalue weighted by Gasteiger charge is -2.23. The highest BCUT2D eigenvalue weighted by atomic mass is 79.9. The van der Waals surface area contributed by atoms with E-state index in [2.05, 4.69) is 15.9 Å². The normalized spacial score (nSPS) is 11.2. The number of rotatable bonds is 9. The van der Waals surface area contributed by atoms with Gasteiger partial charge in [0.05, 0.1) is 19.9 Å². The van der Waals surface area contributed by atoms with Crippen LogP contribution < -0.4 is 8.92 Å². The maximum atomic E-state index is 13.3. The first-order valence-corrected chi connectivity index (χ1v) is 12.9. The van der Waals surface area contributed by atoms with E-state index in [0.717, 1.165) is 28.7 Å². The highest BCUT2D eigenvalue weighted by molar-refractivity contribution is 9.10. The van der Waals surface area contributed by atoms with Gasteiger partial charge in [0.2, 0.25) is 0 Å². The molecule has 10 heteroatoms. The average molecular weight is 574 g/mol. The van der Waals surface area contributed by atoms with E-state index in [0.29, 0.717) is 16.9 Å². The molecule has 0 aliphatic rings. The molecule has 0 spiro atoms. The summed E-state index contributed by atoms with van der Waals surface area (Å²) in [5, 5.41) is 0. The van der Waals surface area contributed by atoms with Crippen LogP contribution in [-0.2, 0) is 23.2 Å². The Morgan fingerprint density at radius 1 is 0.972 bits per heavy atom. The topological polar surface area (TPSA) is 86.0 Å². The molecule has 0 saturated carbocycles. The summed E-state index contributed by atoms with van der Waals surface area (Å²) in [6.45, 7) is 0.324. The summed E-state index contributed by atoms with van der Waals surface area (Å²) >= 11 is 3.37. The fraction of sp³-hybridized carbons (Fsp3) is 0.115. The molecule has 4 aromatic rings. The van der Waals surface area contributed by atoms with Crippen molar-refractivity contribution in [2.45, 2.75) is 18.0 Å². The molecule has 0 bridgehead atoms. The van der Waals surface area contributed by atoms with Crippen molar-refractivity contribution in [2.75, 3.05) is 7.11 Å². The molecule has 1 aromatic heterocycles. The van der Waals surface area contributed by atoms with Crippen molar-refractivity contribution in [1.29, 1.82) is 0 Å². The second-order valence-electron chi connectivity index (χ2n) is 7.72. The van der Waals surface area contributed by atoms with Crippen LogP contribution in [0.2, 0.25) is 0 Å². The number of methoxy groups -OCH3 is 1. The lowest BCUT2D eigenvalue weighted by Crippen LogP contribution is -2.30. The highest BCUT2D eigenvalue weighted by Gasteiger charge is 2.22. The number of benzene rings is 3. The van der Waals surface area contributed by atoms with Crippen LogP contribution in [0.15, 0.2) is 98.9 Å². The van der Waals surface area contributed by atoms with Gasteiger partial charge in [-0.3, -0.25) is 4.79 Å². The first-order chi connectivity index (χ1) is 17.2. The molecular formula is C26H21BrFNO6S. The molecule has 0 atom stereocenters. The largest absolute Gasteiger partial charge is 0.493 e. The fourth-order valence-electron chi connectivity index (χ4n) is 3.44. The summed E-state index contributed by atoms with van der Waals surface area (Å²) in [6.07, 6.45) is 1.53. The maximum Gasteiger partial charge on any atom is 0.339 e. The number of amides is 1. The maximum absolute atomic E-state index is 13.3. The van der Waals surface area contributed by atoms with E-state index in [-0.39, 0.29) is 35.4 Å². The Balaban J connectivity index is 1.63. The van der Waals surface area contributed by atoms with E-state index in [1.165, 1.54) is 19.4 Å². The van der Waals surface area contributed by atoms with Gasteiger partial charge in [0.25, 0.3) is 5.91 Å². The highest BCUT2D eigenvalue weighted by Crippen LogP contribution is 2.32. The molecule has 0 N–H and O–H groups in total. The number of hydrogen-bond donors (Lipinski definition) is 0. The van der Waals surface area contributed by atoms with E-state index < -0.39 is 15.9 Å². The Bertz CT molecular complexity index is 1440. The zero-order chi connectivity index (χ0) is 25.7.